The molecule has 0 fully saturated rings. The minimum atomic E-state index is -1.12. The molecule has 0 N–H and O–H groups in total. The Kier molecular flexibility index (Phi) is 7.04. The van der Waals surface area contributed by atoms with Crippen LogP contribution >= 0.6 is 0 Å². The van der Waals surface area contributed by atoms with Gasteiger partial charge in [0.05, 0.1) is 12.5 Å². The molecule has 130 valence electrons. The van der Waals surface area contributed by atoms with Crippen molar-refractivity contribution in [2.24, 2.45) is 0 Å². The molecule has 24 heavy (non-hydrogen) atoms. The minimum absolute atomic E-state index is 0.229. The summed E-state index contributed by atoms with van der Waals surface area (Å²) in [6.07, 6.45) is 11.5. The average Bonchev–Trinajstić information content (AvgIpc) is 2.95. The quantitative estimate of drug-likeness (QED) is 0.497. The lowest BCUT2D eigenvalue weighted by Gasteiger charge is -2.07. The van der Waals surface area contributed by atoms with Gasteiger partial charge in [0, 0.05) is 6.42 Å². The van der Waals surface area contributed by atoms with Crippen LogP contribution in [0.5, 0.6) is 0 Å². The van der Waals surface area contributed by atoms with E-state index in [0.717, 1.165) is 25.1 Å². The summed E-state index contributed by atoms with van der Waals surface area (Å²) >= 11 is 0. The van der Waals surface area contributed by atoms with Gasteiger partial charge in [-0.1, -0.05) is 57.4 Å². The molecular weight excluding hydrogens is 300 g/mol. The highest BCUT2D eigenvalue weighted by atomic mass is 16.4. The summed E-state index contributed by atoms with van der Waals surface area (Å²) in [5.74, 6) is 0.237. The van der Waals surface area contributed by atoms with Crippen molar-refractivity contribution in [3.63, 3.8) is 0 Å². The normalized spacial score (nSPS) is 10.9. The van der Waals surface area contributed by atoms with E-state index in [4.69, 9.17) is 0 Å². The van der Waals surface area contributed by atoms with Gasteiger partial charge >= 0.3 is 0 Å². The summed E-state index contributed by atoms with van der Waals surface area (Å²) in [7, 11) is 0. The molecule has 0 unspecified atom stereocenters. The predicted molar refractivity (Wildman–Crippen MR) is 92.6 cm³/mol. The Balaban J connectivity index is 2.14. The number of carboxylic acid groups (broad SMARTS) is 1. The highest BCUT2D eigenvalue weighted by Gasteiger charge is 2.16. The van der Waals surface area contributed by atoms with Crippen molar-refractivity contribution in [2.45, 2.75) is 65.5 Å². The largest absolute Gasteiger partial charge is 0.545 e. The molecule has 1 aromatic carbocycles. The fourth-order valence-corrected chi connectivity index (χ4v) is 2.94. The van der Waals surface area contributed by atoms with Gasteiger partial charge in [-0.25, -0.2) is 9.13 Å². The van der Waals surface area contributed by atoms with Crippen LogP contribution in [-0.2, 0) is 19.5 Å². The van der Waals surface area contributed by atoms with Gasteiger partial charge in [-0.3, -0.25) is 0 Å². The number of hydrogen-bond donors (Lipinski definition) is 0. The van der Waals surface area contributed by atoms with Gasteiger partial charge in [-0.05, 0) is 24.0 Å². The van der Waals surface area contributed by atoms with Crippen LogP contribution in [0.1, 0.15) is 67.7 Å². The second kappa shape index (κ2) is 9.26. The topological polar surface area (TPSA) is 48.9 Å². The van der Waals surface area contributed by atoms with Crippen molar-refractivity contribution < 1.29 is 14.5 Å². The van der Waals surface area contributed by atoms with Gasteiger partial charge in [-0.15, -0.1) is 0 Å². The zero-order chi connectivity index (χ0) is 17.4. The van der Waals surface area contributed by atoms with E-state index in [9.17, 15) is 9.90 Å². The summed E-state index contributed by atoms with van der Waals surface area (Å²) in [4.78, 5) is 10.9. The summed E-state index contributed by atoms with van der Waals surface area (Å²) in [5, 5.41) is 10.9. The molecule has 0 aliphatic rings. The van der Waals surface area contributed by atoms with Crippen molar-refractivity contribution in [3.05, 3.63) is 53.6 Å². The van der Waals surface area contributed by atoms with E-state index in [0.29, 0.717) is 0 Å². The number of nitrogens with zero attached hydrogens (tertiary/aromatic N) is 2. The molecule has 0 saturated carbocycles. The zero-order valence-electron chi connectivity index (χ0n) is 14.8. The van der Waals surface area contributed by atoms with Crippen LogP contribution in [0.4, 0.5) is 0 Å². The standard InChI is InChI=1S/C20H28N2O2/c1-3-5-7-8-19-21(13-6-4-2)14-15-22(19)16-17-9-11-18(12-10-17)20(23)24/h9-12,14-15H,3-8,13,16H2,1-2H3. The third-order valence-corrected chi connectivity index (χ3v) is 4.39. The highest BCUT2D eigenvalue weighted by Crippen LogP contribution is 2.09. The number of aromatic carboxylic acids is 1. The molecule has 0 aliphatic heterocycles. The first-order valence-corrected chi connectivity index (χ1v) is 9.03. The molecule has 2 aromatic rings. The Morgan fingerprint density at radius 3 is 2.42 bits per heavy atom. The third kappa shape index (κ3) is 4.95. The molecule has 1 heterocycles. The molecule has 4 heteroatoms. The van der Waals surface area contributed by atoms with Gasteiger partial charge in [0.2, 0.25) is 0 Å². The Hall–Kier alpha value is -2.10. The monoisotopic (exact) mass is 328 g/mol. The number of rotatable bonds is 10. The number of unbranched alkanes of at least 4 members (excludes halogenated alkanes) is 3. The van der Waals surface area contributed by atoms with E-state index in [1.165, 1.54) is 37.9 Å². The second-order valence-electron chi connectivity index (χ2n) is 6.33. The van der Waals surface area contributed by atoms with Gasteiger partial charge in [0.1, 0.15) is 18.9 Å². The molecule has 2 rings (SSSR count). The molecule has 0 spiro atoms. The van der Waals surface area contributed by atoms with E-state index in [2.05, 4.69) is 35.4 Å². The van der Waals surface area contributed by atoms with Crippen LogP contribution in [0.15, 0.2) is 36.7 Å². The first kappa shape index (κ1) is 18.2. The minimum Gasteiger partial charge on any atom is -0.545 e. The van der Waals surface area contributed by atoms with Crippen LogP contribution < -0.4 is 9.67 Å². The van der Waals surface area contributed by atoms with Crippen molar-refractivity contribution in [1.29, 1.82) is 0 Å². The Morgan fingerprint density at radius 1 is 1.08 bits per heavy atom. The van der Waals surface area contributed by atoms with E-state index >= 15 is 0 Å². The third-order valence-electron chi connectivity index (χ3n) is 4.39. The lowest BCUT2D eigenvalue weighted by atomic mass is 10.1. The summed E-state index contributed by atoms with van der Waals surface area (Å²) in [6, 6.07) is 6.99. The van der Waals surface area contributed by atoms with E-state index < -0.39 is 5.97 Å². The first-order chi connectivity index (χ1) is 11.7. The number of carbonyl (C=O) groups is 1. The second-order valence-corrected chi connectivity index (χ2v) is 6.33. The van der Waals surface area contributed by atoms with Gasteiger partial charge < -0.3 is 9.90 Å². The molecular formula is C20H28N2O2. The molecule has 0 bridgehead atoms. The Bertz CT molecular complexity index is 644. The number of aryl methyl sites for hydroxylation is 1. The SMILES string of the molecule is CCCCCc1n(CCCC)cc[n+]1Cc1ccc(C(=O)[O-])cc1. The van der Waals surface area contributed by atoms with E-state index in [1.54, 1.807) is 12.1 Å². The number of aromatic nitrogens is 2. The number of benzene rings is 1. The number of carboxylic acids is 1. The van der Waals surface area contributed by atoms with E-state index in [-0.39, 0.29) is 5.56 Å². The van der Waals surface area contributed by atoms with Crippen LogP contribution in [-0.4, -0.2) is 10.5 Å². The van der Waals surface area contributed by atoms with Crippen LogP contribution in [0.3, 0.4) is 0 Å². The summed E-state index contributed by atoms with van der Waals surface area (Å²) < 4.78 is 4.66. The van der Waals surface area contributed by atoms with Crippen molar-refractivity contribution in [1.82, 2.24) is 4.57 Å². The van der Waals surface area contributed by atoms with E-state index in [1.807, 2.05) is 12.1 Å². The zero-order valence-corrected chi connectivity index (χ0v) is 14.8. The Morgan fingerprint density at radius 2 is 1.79 bits per heavy atom. The van der Waals surface area contributed by atoms with Crippen molar-refractivity contribution in [2.75, 3.05) is 0 Å². The smallest absolute Gasteiger partial charge is 0.256 e. The molecule has 4 nitrogen and oxygen atoms in total. The van der Waals surface area contributed by atoms with Gasteiger partial charge in [0.15, 0.2) is 0 Å². The lowest BCUT2D eigenvalue weighted by molar-refractivity contribution is -0.695. The first-order valence-electron chi connectivity index (χ1n) is 9.03. The molecule has 0 atom stereocenters. The maximum atomic E-state index is 10.9. The number of carbonyl (C=O) groups excluding carboxylic acids is 1. The maximum Gasteiger partial charge on any atom is 0.256 e. The number of imidazole rings is 1. The van der Waals surface area contributed by atoms with Crippen molar-refractivity contribution >= 4 is 5.97 Å². The van der Waals surface area contributed by atoms with Crippen LogP contribution in [0.25, 0.3) is 0 Å². The molecule has 0 saturated heterocycles. The Labute approximate surface area is 144 Å². The highest BCUT2D eigenvalue weighted by molar-refractivity contribution is 5.85. The lowest BCUT2D eigenvalue weighted by Crippen LogP contribution is -2.38. The number of hydrogen-bond acceptors (Lipinski definition) is 2. The van der Waals surface area contributed by atoms with Crippen LogP contribution in [0, 0.1) is 0 Å². The molecule has 0 amide bonds. The summed E-state index contributed by atoms with van der Waals surface area (Å²) in [6.45, 7) is 6.28. The van der Waals surface area contributed by atoms with Crippen LogP contribution in [0.2, 0.25) is 0 Å². The predicted octanol–water partition coefficient (Wildman–Crippen LogP) is 2.72. The fraction of sp³-hybridized carbons (Fsp3) is 0.500. The van der Waals surface area contributed by atoms with Gasteiger partial charge in [-0.2, -0.15) is 0 Å². The molecule has 0 aliphatic carbocycles. The maximum absolute atomic E-state index is 10.9. The van der Waals surface area contributed by atoms with Crippen molar-refractivity contribution in [3.8, 4) is 0 Å². The average molecular weight is 328 g/mol. The summed E-state index contributed by atoms with van der Waals surface area (Å²) in [5.41, 5.74) is 1.34. The molecule has 1 aromatic heterocycles. The molecule has 0 radical (unpaired) electrons. The fourth-order valence-electron chi connectivity index (χ4n) is 2.94. The van der Waals surface area contributed by atoms with Gasteiger partial charge in [0.25, 0.3) is 5.82 Å².